The van der Waals surface area contributed by atoms with E-state index in [-0.39, 0.29) is 0 Å². The molecule has 0 aliphatic heterocycles. The molecule has 1 aromatic rings. The maximum Gasteiger partial charge on any atom is 0.0428 e. The summed E-state index contributed by atoms with van der Waals surface area (Å²) in [5.74, 6) is 0. The lowest BCUT2D eigenvalue weighted by Crippen LogP contribution is -1.91. The molecule has 0 aromatic carbocycles. The van der Waals surface area contributed by atoms with Gasteiger partial charge >= 0.3 is 0 Å². The molecule has 1 rings (SSSR count). The molecule has 0 N–H and O–H groups in total. The van der Waals surface area contributed by atoms with Gasteiger partial charge in [0, 0.05) is 32.5 Å². The van der Waals surface area contributed by atoms with E-state index in [0.717, 1.165) is 21.3 Å². The van der Waals surface area contributed by atoms with Crippen LogP contribution in [0.15, 0.2) is 24.9 Å². The largest absolute Gasteiger partial charge is 0.261 e. The molecule has 0 fully saturated rings. The molecular formula is C11H11BrClN. The van der Waals surface area contributed by atoms with E-state index in [0.29, 0.717) is 5.03 Å². The van der Waals surface area contributed by atoms with E-state index in [1.54, 1.807) is 6.20 Å². The number of aromatic nitrogens is 1. The van der Waals surface area contributed by atoms with Crippen molar-refractivity contribution in [2.24, 2.45) is 0 Å². The van der Waals surface area contributed by atoms with Gasteiger partial charge in [0.15, 0.2) is 0 Å². The number of nitrogens with zero attached hydrogens (tertiary/aromatic N) is 1. The van der Waals surface area contributed by atoms with Crippen LogP contribution in [0.3, 0.4) is 0 Å². The molecule has 0 saturated carbocycles. The van der Waals surface area contributed by atoms with Gasteiger partial charge in [-0.15, -0.1) is 0 Å². The topological polar surface area (TPSA) is 12.9 Å². The highest BCUT2D eigenvalue weighted by atomic mass is 79.9. The molecular weight excluding hydrogens is 261 g/mol. The van der Waals surface area contributed by atoms with Gasteiger partial charge in [-0.05, 0) is 19.9 Å². The first-order valence-electron chi connectivity index (χ1n) is 4.20. The Morgan fingerprint density at radius 1 is 1.57 bits per heavy atom. The molecule has 0 bridgehead atoms. The molecule has 0 saturated heterocycles. The highest BCUT2D eigenvalue weighted by molar-refractivity contribution is 9.15. The zero-order valence-corrected chi connectivity index (χ0v) is 10.5. The summed E-state index contributed by atoms with van der Waals surface area (Å²) < 4.78 is 1.000. The molecule has 0 spiro atoms. The molecule has 0 aliphatic carbocycles. The van der Waals surface area contributed by atoms with Crippen molar-refractivity contribution in [3.05, 3.63) is 41.7 Å². The predicted molar refractivity (Wildman–Crippen MR) is 66.4 cm³/mol. The second-order valence-corrected chi connectivity index (χ2v) is 4.22. The molecule has 3 heteroatoms. The lowest BCUT2D eigenvalue weighted by molar-refractivity contribution is 1.19. The minimum Gasteiger partial charge on any atom is -0.261 e. The molecule has 1 heterocycles. The molecule has 0 amide bonds. The molecule has 0 radical (unpaired) electrons. The van der Waals surface area contributed by atoms with Crippen LogP contribution in [0.4, 0.5) is 0 Å². The van der Waals surface area contributed by atoms with Crippen molar-refractivity contribution >= 4 is 37.0 Å². The SMILES string of the molecule is C=C(Cl)c1cnc(C)cc1/C(Br)=C\C. The Bertz CT molecular complexity index is 396. The maximum atomic E-state index is 5.88. The van der Waals surface area contributed by atoms with Crippen LogP contribution in [-0.4, -0.2) is 4.98 Å². The van der Waals surface area contributed by atoms with Crippen LogP contribution in [0.5, 0.6) is 0 Å². The zero-order valence-electron chi connectivity index (χ0n) is 8.14. The Kier molecular flexibility index (Phi) is 3.90. The average Bonchev–Trinajstić information content (AvgIpc) is 2.16. The summed E-state index contributed by atoms with van der Waals surface area (Å²) in [7, 11) is 0. The normalized spacial score (nSPS) is 11.6. The minimum atomic E-state index is 0.506. The third-order valence-electron chi connectivity index (χ3n) is 1.84. The Morgan fingerprint density at radius 3 is 2.71 bits per heavy atom. The number of aryl methyl sites for hydroxylation is 1. The van der Waals surface area contributed by atoms with Crippen LogP contribution in [0.2, 0.25) is 0 Å². The Balaban J connectivity index is 3.37. The number of rotatable bonds is 2. The number of pyridine rings is 1. The Labute approximate surface area is 97.6 Å². The summed E-state index contributed by atoms with van der Waals surface area (Å²) in [6.07, 6.45) is 3.71. The van der Waals surface area contributed by atoms with Gasteiger partial charge in [-0.1, -0.05) is 40.2 Å². The molecule has 0 aliphatic rings. The second kappa shape index (κ2) is 4.76. The summed E-state index contributed by atoms with van der Waals surface area (Å²) in [6.45, 7) is 7.61. The Morgan fingerprint density at radius 2 is 2.21 bits per heavy atom. The number of allylic oxidation sites excluding steroid dienone is 1. The monoisotopic (exact) mass is 271 g/mol. The van der Waals surface area contributed by atoms with Gasteiger partial charge in [-0.2, -0.15) is 0 Å². The number of halogens is 2. The fourth-order valence-corrected chi connectivity index (χ4v) is 1.61. The van der Waals surface area contributed by atoms with Crippen LogP contribution in [0, 0.1) is 6.92 Å². The van der Waals surface area contributed by atoms with Crippen molar-refractivity contribution in [2.75, 3.05) is 0 Å². The van der Waals surface area contributed by atoms with Crippen LogP contribution in [-0.2, 0) is 0 Å². The fourth-order valence-electron chi connectivity index (χ4n) is 1.13. The third kappa shape index (κ3) is 2.46. The lowest BCUT2D eigenvalue weighted by Gasteiger charge is -2.07. The smallest absolute Gasteiger partial charge is 0.0428 e. The van der Waals surface area contributed by atoms with Crippen molar-refractivity contribution in [1.82, 2.24) is 4.98 Å². The van der Waals surface area contributed by atoms with Gasteiger partial charge in [0.1, 0.15) is 0 Å². The molecule has 0 atom stereocenters. The summed E-state index contributed by atoms with van der Waals surface area (Å²) in [6, 6.07) is 1.98. The van der Waals surface area contributed by atoms with Gasteiger partial charge in [0.25, 0.3) is 0 Å². The van der Waals surface area contributed by atoms with E-state index in [1.165, 1.54) is 0 Å². The highest BCUT2D eigenvalue weighted by Crippen LogP contribution is 2.30. The van der Waals surface area contributed by atoms with Gasteiger partial charge in [-0.25, -0.2) is 0 Å². The zero-order chi connectivity index (χ0) is 10.7. The summed E-state index contributed by atoms with van der Waals surface area (Å²) >= 11 is 9.35. The van der Waals surface area contributed by atoms with E-state index >= 15 is 0 Å². The standard InChI is InChI=1S/C11H11BrClN/c1-4-11(12)9-5-7(2)14-6-10(9)8(3)13/h4-6H,3H2,1-2H3/b11-4+. The molecule has 0 unspecified atom stereocenters. The summed E-state index contributed by atoms with van der Waals surface area (Å²) in [4.78, 5) is 4.18. The van der Waals surface area contributed by atoms with E-state index in [9.17, 15) is 0 Å². The first-order chi connectivity index (χ1) is 6.56. The van der Waals surface area contributed by atoms with Crippen molar-refractivity contribution in [3.63, 3.8) is 0 Å². The van der Waals surface area contributed by atoms with Gasteiger partial charge in [-0.3, -0.25) is 4.98 Å². The van der Waals surface area contributed by atoms with Crippen molar-refractivity contribution in [3.8, 4) is 0 Å². The van der Waals surface area contributed by atoms with Crippen LogP contribution in [0.25, 0.3) is 9.51 Å². The number of hydrogen-bond acceptors (Lipinski definition) is 1. The fraction of sp³-hybridized carbons (Fsp3) is 0.182. The first kappa shape index (κ1) is 11.5. The summed E-state index contributed by atoms with van der Waals surface area (Å²) in [5, 5.41) is 0.506. The molecule has 1 aromatic heterocycles. The quantitative estimate of drug-likeness (QED) is 0.780. The first-order valence-corrected chi connectivity index (χ1v) is 5.37. The van der Waals surface area contributed by atoms with Crippen molar-refractivity contribution in [2.45, 2.75) is 13.8 Å². The van der Waals surface area contributed by atoms with E-state index in [2.05, 4.69) is 27.5 Å². The number of hydrogen-bond donors (Lipinski definition) is 0. The second-order valence-electron chi connectivity index (χ2n) is 2.91. The molecule has 74 valence electrons. The summed E-state index contributed by atoms with van der Waals surface area (Å²) in [5.41, 5.74) is 2.85. The van der Waals surface area contributed by atoms with E-state index < -0.39 is 0 Å². The van der Waals surface area contributed by atoms with Crippen LogP contribution in [0.1, 0.15) is 23.7 Å². The lowest BCUT2D eigenvalue weighted by atomic mass is 10.1. The van der Waals surface area contributed by atoms with E-state index in [4.69, 9.17) is 11.6 Å². The van der Waals surface area contributed by atoms with Crippen LogP contribution >= 0.6 is 27.5 Å². The minimum absolute atomic E-state index is 0.506. The van der Waals surface area contributed by atoms with Crippen LogP contribution < -0.4 is 0 Å². The van der Waals surface area contributed by atoms with Gasteiger partial charge in [0.05, 0.1) is 0 Å². The Hall–Kier alpha value is -0.600. The molecule has 1 nitrogen and oxygen atoms in total. The predicted octanol–water partition coefficient (Wildman–Crippen LogP) is 4.36. The van der Waals surface area contributed by atoms with Gasteiger partial charge < -0.3 is 0 Å². The highest BCUT2D eigenvalue weighted by Gasteiger charge is 2.07. The maximum absolute atomic E-state index is 5.88. The van der Waals surface area contributed by atoms with E-state index in [1.807, 2.05) is 26.0 Å². The van der Waals surface area contributed by atoms with Crippen molar-refractivity contribution < 1.29 is 0 Å². The third-order valence-corrected chi connectivity index (χ3v) is 2.93. The average molecular weight is 273 g/mol. The molecule has 14 heavy (non-hydrogen) atoms. The van der Waals surface area contributed by atoms with Gasteiger partial charge in [0.2, 0.25) is 0 Å². The van der Waals surface area contributed by atoms with Crippen molar-refractivity contribution in [1.29, 1.82) is 0 Å².